The van der Waals surface area contributed by atoms with Gasteiger partial charge in [0, 0.05) is 45.3 Å². The molecule has 1 atom stereocenters. The predicted octanol–water partition coefficient (Wildman–Crippen LogP) is 2.28. The standard InChI is InChI=1S/C16H30F3N5.HI/c1-20-15(21-8-10-23(2)14-5-3-4-6-14)22-13-7-9-24(11-13)12-16(17,18)19;/h13-14H,3-12H2,1-2H3,(H2,20,21,22);1H. The third kappa shape index (κ3) is 8.29. The maximum absolute atomic E-state index is 12.4. The Morgan fingerprint density at radius 2 is 1.92 bits per heavy atom. The number of hydrogen-bond donors (Lipinski definition) is 2. The van der Waals surface area contributed by atoms with E-state index in [2.05, 4.69) is 27.6 Å². The van der Waals surface area contributed by atoms with Gasteiger partial charge in [0.1, 0.15) is 0 Å². The molecular formula is C16H31F3IN5. The van der Waals surface area contributed by atoms with Crippen molar-refractivity contribution in [3.63, 3.8) is 0 Å². The Hall–Kier alpha value is -0.290. The maximum Gasteiger partial charge on any atom is 0.401 e. The van der Waals surface area contributed by atoms with Crippen molar-refractivity contribution in [3.8, 4) is 0 Å². The lowest BCUT2D eigenvalue weighted by Crippen LogP contribution is -2.47. The molecule has 148 valence electrons. The molecule has 2 N–H and O–H groups in total. The number of guanidine groups is 1. The van der Waals surface area contributed by atoms with Gasteiger partial charge in [-0.1, -0.05) is 12.8 Å². The predicted molar refractivity (Wildman–Crippen MR) is 106 cm³/mol. The quantitative estimate of drug-likeness (QED) is 0.350. The molecule has 2 rings (SSSR count). The molecule has 0 radical (unpaired) electrons. The Balaban J connectivity index is 0.00000312. The number of nitrogens with one attached hydrogen (secondary N) is 2. The summed E-state index contributed by atoms with van der Waals surface area (Å²) in [7, 11) is 3.85. The highest BCUT2D eigenvalue weighted by Crippen LogP contribution is 2.22. The topological polar surface area (TPSA) is 42.9 Å². The van der Waals surface area contributed by atoms with E-state index in [4.69, 9.17) is 0 Å². The number of halogens is 4. The highest BCUT2D eigenvalue weighted by molar-refractivity contribution is 14.0. The van der Waals surface area contributed by atoms with Crippen LogP contribution in [0, 0.1) is 0 Å². The first-order chi connectivity index (χ1) is 11.4. The van der Waals surface area contributed by atoms with Gasteiger partial charge in [0.2, 0.25) is 0 Å². The summed E-state index contributed by atoms with van der Waals surface area (Å²) in [4.78, 5) is 8.01. The van der Waals surface area contributed by atoms with Gasteiger partial charge in [0.15, 0.2) is 5.96 Å². The summed E-state index contributed by atoms with van der Waals surface area (Å²) in [5.41, 5.74) is 0. The summed E-state index contributed by atoms with van der Waals surface area (Å²) in [5, 5.41) is 6.51. The van der Waals surface area contributed by atoms with Crippen LogP contribution in [-0.4, -0.2) is 80.8 Å². The molecule has 0 aromatic carbocycles. The fraction of sp³-hybridized carbons (Fsp3) is 0.938. The van der Waals surface area contributed by atoms with Crippen LogP contribution in [0.25, 0.3) is 0 Å². The summed E-state index contributed by atoms with van der Waals surface area (Å²) >= 11 is 0. The second kappa shape index (κ2) is 10.8. The highest BCUT2D eigenvalue weighted by Gasteiger charge is 2.34. The molecule has 1 heterocycles. The molecule has 0 bridgehead atoms. The van der Waals surface area contributed by atoms with Crippen LogP contribution in [0.1, 0.15) is 32.1 Å². The van der Waals surface area contributed by atoms with Crippen LogP contribution in [0.4, 0.5) is 13.2 Å². The first-order valence-electron chi connectivity index (χ1n) is 8.84. The number of likely N-dealkylation sites (tertiary alicyclic amines) is 1. The number of alkyl halides is 3. The third-order valence-corrected chi connectivity index (χ3v) is 4.94. The van der Waals surface area contributed by atoms with Crippen molar-refractivity contribution >= 4 is 29.9 Å². The van der Waals surface area contributed by atoms with Crippen LogP contribution >= 0.6 is 24.0 Å². The van der Waals surface area contributed by atoms with Crippen molar-refractivity contribution in [2.45, 2.75) is 50.4 Å². The second-order valence-electron chi connectivity index (χ2n) is 6.90. The van der Waals surface area contributed by atoms with Crippen LogP contribution in [0.3, 0.4) is 0 Å². The molecule has 2 fully saturated rings. The average Bonchev–Trinajstić information content (AvgIpc) is 3.16. The van der Waals surface area contributed by atoms with E-state index in [9.17, 15) is 13.2 Å². The molecule has 1 aliphatic carbocycles. The van der Waals surface area contributed by atoms with Crippen molar-refractivity contribution in [3.05, 3.63) is 0 Å². The SMILES string of the molecule is CN=C(NCCN(C)C1CCCC1)NC1CCN(CC(F)(F)F)C1.I. The zero-order chi connectivity index (χ0) is 17.6. The van der Waals surface area contributed by atoms with Crippen LogP contribution in [0.15, 0.2) is 4.99 Å². The third-order valence-electron chi connectivity index (χ3n) is 4.94. The monoisotopic (exact) mass is 477 g/mol. The molecule has 1 saturated carbocycles. The van der Waals surface area contributed by atoms with E-state index in [1.165, 1.54) is 30.6 Å². The molecule has 25 heavy (non-hydrogen) atoms. The summed E-state index contributed by atoms with van der Waals surface area (Å²) in [6.45, 7) is 1.77. The van der Waals surface area contributed by atoms with Gasteiger partial charge in [-0.3, -0.25) is 9.89 Å². The summed E-state index contributed by atoms with van der Waals surface area (Å²) < 4.78 is 37.3. The number of hydrogen-bond acceptors (Lipinski definition) is 3. The van der Waals surface area contributed by atoms with E-state index < -0.39 is 12.7 Å². The summed E-state index contributed by atoms with van der Waals surface area (Å²) in [6, 6.07) is 0.707. The molecule has 0 amide bonds. The molecule has 5 nitrogen and oxygen atoms in total. The number of aliphatic imine (C=N–C) groups is 1. The van der Waals surface area contributed by atoms with Crippen molar-refractivity contribution in [1.82, 2.24) is 20.4 Å². The summed E-state index contributed by atoms with van der Waals surface area (Å²) in [6.07, 6.45) is 1.78. The maximum atomic E-state index is 12.4. The molecule has 0 aromatic heterocycles. The molecule has 1 aliphatic heterocycles. The van der Waals surface area contributed by atoms with E-state index in [1.807, 2.05) is 0 Å². The van der Waals surface area contributed by atoms with Gasteiger partial charge >= 0.3 is 6.18 Å². The zero-order valence-corrected chi connectivity index (χ0v) is 17.4. The fourth-order valence-corrected chi connectivity index (χ4v) is 3.61. The number of likely N-dealkylation sites (N-methyl/N-ethyl adjacent to an activating group) is 1. The van der Waals surface area contributed by atoms with Crippen molar-refractivity contribution in [2.75, 3.05) is 46.8 Å². The molecular weight excluding hydrogens is 446 g/mol. The number of rotatable bonds is 6. The minimum Gasteiger partial charge on any atom is -0.355 e. The molecule has 2 aliphatic rings. The second-order valence-corrected chi connectivity index (χ2v) is 6.90. The molecule has 0 aromatic rings. The van der Waals surface area contributed by atoms with Crippen molar-refractivity contribution in [2.24, 2.45) is 4.99 Å². The molecule has 1 saturated heterocycles. The lowest BCUT2D eigenvalue weighted by Gasteiger charge is -2.25. The smallest absolute Gasteiger partial charge is 0.355 e. The van der Waals surface area contributed by atoms with Gasteiger partial charge < -0.3 is 15.5 Å². The van der Waals surface area contributed by atoms with Gasteiger partial charge in [-0.15, -0.1) is 24.0 Å². The zero-order valence-electron chi connectivity index (χ0n) is 15.1. The molecule has 0 spiro atoms. The van der Waals surface area contributed by atoms with Gasteiger partial charge in [-0.05, 0) is 26.3 Å². The van der Waals surface area contributed by atoms with Crippen LogP contribution in [0.2, 0.25) is 0 Å². The van der Waals surface area contributed by atoms with E-state index >= 15 is 0 Å². The van der Waals surface area contributed by atoms with Crippen LogP contribution in [-0.2, 0) is 0 Å². The minimum atomic E-state index is -4.13. The van der Waals surface area contributed by atoms with Gasteiger partial charge in [-0.2, -0.15) is 13.2 Å². The van der Waals surface area contributed by atoms with Crippen LogP contribution < -0.4 is 10.6 Å². The highest BCUT2D eigenvalue weighted by atomic mass is 127. The van der Waals surface area contributed by atoms with Gasteiger partial charge in [0.25, 0.3) is 0 Å². The van der Waals surface area contributed by atoms with E-state index in [0.717, 1.165) is 13.1 Å². The first kappa shape index (κ1) is 22.8. The average molecular weight is 477 g/mol. The van der Waals surface area contributed by atoms with Gasteiger partial charge in [-0.25, -0.2) is 0 Å². The van der Waals surface area contributed by atoms with Crippen molar-refractivity contribution < 1.29 is 13.2 Å². The Morgan fingerprint density at radius 1 is 1.24 bits per heavy atom. The van der Waals surface area contributed by atoms with E-state index in [-0.39, 0.29) is 30.0 Å². The molecule has 9 heteroatoms. The summed E-state index contributed by atoms with van der Waals surface area (Å²) in [5.74, 6) is 0.675. The van der Waals surface area contributed by atoms with Crippen LogP contribution in [0.5, 0.6) is 0 Å². The lowest BCUT2D eigenvalue weighted by molar-refractivity contribution is -0.143. The van der Waals surface area contributed by atoms with E-state index in [0.29, 0.717) is 31.5 Å². The van der Waals surface area contributed by atoms with Gasteiger partial charge in [0.05, 0.1) is 6.54 Å². The Kier molecular flexibility index (Phi) is 9.79. The van der Waals surface area contributed by atoms with E-state index in [1.54, 1.807) is 7.05 Å². The lowest BCUT2D eigenvalue weighted by atomic mass is 10.2. The number of nitrogens with zero attached hydrogens (tertiary/aromatic N) is 3. The van der Waals surface area contributed by atoms with Crippen molar-refractivity contribution in [1.29, 1.82) is 0 Å². The largest absolute Gasteiger partial charge is 0.401 e. The minimum absolute atomic E-state index is 0. The Morgan fingerprint density at radius 3 is 2.52 bits per heavy atom. The normalized spacial score (nSPS) is 23.1. The fourth-order valence-electron chi connectivity index (χ4n) is 3.61. The first-order valence-corrected chi connectivity index (χ1v) is 8.84. The Labute approximate surface area is 165 Å². The Bertz CT molecular complexity index is 413. The molecule has 1 unspecified atom stereocenters.